The topological polar surface area (TPSA) is 51.0 Å². The minimum Gasteiger partial charge on any atom is -0.338 e. The molecule has 0 spiro atoms. The Bertz CT molecular complexity index is 829. The first-order valence-corrected chi connectivity index (χ1v) is 11.6. The monoisotopic (exact) mass is 404 g/mol. The van der Waals surface area contributed by atoms with E-state index in [9.17, 15) is 4.79 Å². The molecule has 1 saturated heterocycles. The van der Waals surface area contributed by atoms with Crippen molar-refractivity contribution in [2.45, 2.75) is 64.7 Å². The molecule has 1 amide bonds. The third-order valence-corrected chi connectivity index (χ3v) is 7.65. The van der Waals surface area contributed by atoms with Crippen LogP contribution in [0.15, 0.2) is 22.7 Å². The molecule has 3 heterocycles. The van der Waals surface area contributed by atoms with Crippen LogP contribution in [0.25, 0.3) is 10.7 Å². The molecule has 2 atom stereocenters. The van der Waals surface area contributed by atoms with E-state index in [0.29, 0.717) is 17.2 Å². The van der Waals surface area contributed by atoms with Crippen LogP contribution in [-0.2, 0) is 11.3 Å². The van der Waals surface area contributed by atoms with Crippen LogP contribution >= 0.6 is 23.1 Å². The number of nitrogens with zero attached hydrogens (tertiary/aromatic N) is 4. The predicted octanol–water partition coefficient (Wildman–Crippen LogP) is 4.55. The van der Waals surface area contributed by atoms with Gasteiger partial charge >= 0.3 is 0 Å². The van der Waals surface area contributed by atoms with Gasteiger partial charge in [-0.2, -0.15) is 0 Å². The zero-order valence-corrected chi connectivity index (χ0v) is 18.2. The second-order valence-corrected chi connectivity index (χ2v) is 10.9. The molecule has 7 heteroatoms. The highest BCUT2D eigenvalue weighted by Gasteiger charge is 2.50. The maximum absolute atomic E-state index is 13.0. The Labute approximate surface area is 169 Å². The van der Waals surface area contributed by atoms with Crippen molar-refractivity contribution >= 4 is 29.0 Å². The molecular weight excluding hydrogens is 376 g/mol. The fourth-order valence-electron chi connectivity index (χ4n) is 5.23. The third kappa shape index (κ3) is 3.68. The largest absolute Gasteiger partial charge is 0.338 e. The van der Waals surface area contributed by atoms with Crippen LogP contribution in [0.3, 0.4) is 0 Å². The van der Waals surface area contributed by atoms with Crippen LogP contribution in [0.1, 0.15) is 47.0 Å². The summed E-state index contributed by atoms with van der Waals surface area (Å²) in [6.45, 7) is 10.8. The molecule has 5 nitrogen and oxygen atoms in total. The fourth-order valence-corrected chi connectivity index (χ4v) is 6.84. The lowest BCUT2D eigenvalue weighted by Gasteiger charge is -2.39. The van der Waals surface area contributed by atoms with Gasteiger partial charge in [0.1, 0.15) is 0 Å². The number of hydrogen-bond donors (Lipinski definition) is 0. The molecule has 0 unspecified atom stereocenters. The van der Waals surface area contributed by atoms with Gasteiger partial charge in [-0.05, 0) is 48.5 Å². The molecule has 2 aromatic rings. The molecular formula is C20H28N4OS2. The van der Waals surface area contributed by atoms with Crippen LogP contribution in [0.2, 0.25) is 0 Å². The number of carbonyl (C=O) groups is 1. The summed E-state index contributed by atoms with van der Waals surface area (Å²) in [7, 11) is 0. The van der Waals surface area contributed by atoms with Crippen LogP contribution in [0.5, 0.6) is 0 Å². The maximum atomic E-state index is 13.0. The van der Waals surface area contributed by atoms with Gasteiger partial charge in [0.2, 0.25) is 5.91 Å². The molecule has 1 aliphatic heterocycles. The SMILES string of the molecule is CCn1c(SCC(=O)N2C[C@@]3(C)C[C@@H]2CC(C)(C)C3)nnc1-c1cccs1. The average molecular weight is 405 g/mol. The van der Waals surface area contributed by atoms with Gasteiger partial charge in [-0.25, -0.2) is 0 Å². The van der Waals surface area contributed by atoms with E-state index in [-0.39, 0.29) is 11.3 Å². The molecule has 1 aliphatic carbocycles. The highest BCUT2D eigenvalue weighted by atomic mass is 32.2. The number of thioether (sulfide) groups is 1. The minimum absolute atomic E-state index is 0.245. The van der Waals surface area contributed by atoms with Crippen molar-refractivity contribution < 1.29 is 4.79 Å². The summed E-state index contributed by atoms with van der Waals surface area (Å²) in [4.78, 5) is 16.3. The lowest BCUT2D eigenvalue weighted by Crippen LogP contribution is -2.38. The Morgan fingerprint density at radius 2 is 2.15 bits per heavy atom. The number of thiophene rings is 1. The van der Waals surface area contributed by atoms with E-state index in [0.717, 1.165) is 41.8 Å². The van der Waals surface area contributed by atoms with E-state index in [1.165, 1.54) is 18.2 Å². The van der Waals surface area contributed by atoms with Crippen molar-refractivity contribution in [2.75, 3.05) is 12.3 Å². The van der Waals surface area contributed by atoms with E-state index in [2.05, 4.69) is 53.4 Å². The van der Waals surface area contributed by atoms with Gasteiger partial charge < -0.3 is 9.47 Å². The fraction of sp³-hybridized carbons (Fsp3) is 0.650. The Kier molecular flexibility index (Phi) is 4.87. The van der Waals surface area contributed by atoms with Crippen molar-refractivity contribution in [2.24, 2.45) is 10.8 Å². The quantitative estimate of drug-likeness (QED) is 0.686. The lowest BCUT2D eigenvalue weighted by atomic mass is 9.65. The van der Waals surface area contributed by atoms with Gasteiger partial charge in [0.15, 0.2) is 11.0 Å². The van der Waals surface area contributed by atoms with Crippen LogP contribution in [-0.4, -0.2) is 43.9 Å². The standard InChI is InChI=1S/C20H28N4OS2/c1-5-23-17(15-7-6-8-26-15)21-22-18(23)27-11-16(25)24-13-20(4)10-14(24)9-19(2,3)12-20/h6-8,14H,5,9-13H2,1-4H3/t14-,20-/m0/s1. The number of amides is 1. The molecule has 0 aromatic carbocycles. The first kappa shape index (κ1) is 19.0. The number of likely N-dealkylation sites (tertiary alicyclic amines) is 1. The number of hydrogen-bond acceptors (Lipinski definition) is 5. The van der Waals surface area contributed by atoms with E-state index in [1.54, 1.807) is 11.3 Å². The summed E-state index contributed by atoms with van der Waals surface area (Å²) in [5.74, 6) is 1.58. The average Bonchev–Trinajstić information content (AvgIpc) is 3.28. The van der Waals surface area contributed by atoms with Crippen molar-refractivity contribution in [3.8, 4) is 10.7 Å². The third-order valence-electron chi connectivity index (χ3n) is 5.83. The smallest absolute Gasteiger partial charge is 0.233 e. The van der Waals surface area contributed by atoms with E-state index < -0.39 is 0 Å². The summed E-state index contributed by atoms with van der Waals surface area (Å²) in [6.07, 6.45) is 3.48. The Morgan fingerprint density at radius 1 is 1.33 bits per heavy atom. The van der Waals surface area contributed by atoms with E-state index >= 15 is 0 Å². The molecule has 2 bridgehead atoms. The van der Waals surface area contributed by atoms with Gasteiger partial charge in [-0.3, -0.25) is 4.79 Å². The van der Waals surface area contributed by atoms with Gasteiger partial charge in [0, 0.05) is 19.1 Å². The summed E-state index contributed by atoms with van der Waals surface area (Å²) >= 11 is 3.19. The minimum atomic E-state index is 0.245. The second-order valence-electron chi connectivity index (χ2n) is 9.05. The number of aromatic nitrogens is 3. The number of carbonyl (C=O) groups excluding carboxylic acids is 1. The zero-order chi connectivity index (χ0) is 19.2. The van der Waals surface area contributed by atoms with Gasteiger partial charge in [-0.15, -0.1) is 21.5 Å². The number of fused-ring (bicyclic) bond motifs is 2. The normalized spacial score (nSPS) is 26.5. The highest BCUT2D eigenvalue weighted by molar-refractivity contribution is 7.99. The molecule has 146 valence electrons. The molecule has 2 aliphatic rings. The van der Waals surface area contributed by atoms with Gasteiger partial charge in [0.05, 0.1) is 10.6 Å². The molecule has 2 aromatic heterocycles. The molecule has 0 N–H and O–H groups in total. The lowest BCUT2D eigenvalue weighted by molar-refractivity contribution is -0.129. The first-order chi connectivity index (χ1) is 12.8. The summed E-state index contributed by atoms with van der Waals surface area (Å²) < 4.78 is 2.11. The molecule has 2 fully saturated rings. The summed E-state index contributed by atoms with van der Waals surface area (Å²) in [5.41, 5.74) is 0.611. The Balaban J connectivity index is 1.45. The predicted molar refractivity (Wildman–Crippen MR) is 111 cm³/mol. The van der Waals surface area contributed by atoms with Gasteiger partial charge in [0.25, 0.3) is 0 Å². The summed E-state index contributed by atoms with van der Waals surface area (Å²) in [6, 6.07) is 4.49. The first-order valence-electron chi connectivity index (χ1n) is 9.70. The summed E-state index contributed by atoms with van der Waals surface area (Å²) in [5, 5.41) is 11.6. The molecule has 0 radical (unpaired) electrons. The second kappa shape index (κ2) is 6.92. The Morgan fingerprint density at radius 3 is 2.85 bits per heavy atom. The van der Waals surface area contributed by atoms with Crippen molar-refractivity contribution in [1.29, 1.82) is 0 Å². The molecule has 4 rings (SSSR count). The number of rotatable bonds is 5. The van der Waals surface area contributed by atoms with Crippen molar-refractivity contribution in [1.82, 2.24) is 19.7 Å². The van der Waals surface area contributed by atoms with E-state index in [4.69, 9.17) is 0 Å². The molecule has 1 saturated carbocycles. The Hall–Kier alpha value is -1.34. The highest BCUT2D eigenvalue weighted by Crippen LogP contribution is 2.52. The van der Waals surface area contributed by atoms with Crippen LogP contribution in [0.4, 0.5) is 0 Å². The van der Waals surface area contributed by atoms with Crippen molar-refractivity contribution in [3.05, 3.63) is 17.5 Å². The zero-order valence-electron chi connectivity index (χ0n) is 16.6. The van der Waals surface area contributed by atoms with Gasteiger partial charge in [-0.1, -0.05) is 38.6 Å². The maximum Gasteiger partial charge on any atom is 0.233 e. The van der Waals surface area contributed by atoms with E-state index in [1.807, 2.05) is 11.4 Å². The van der Waals surface area contributed by atoms with Crippen LogP contribution in [0, 0.1) is 10.8 Å². The van der Waals surface area contributed by atoms with Crippen LogP contribution < -0.4 is 0 Å². The van der Waals surface area contributed by atoms with Crippen molar-refractivity contribution in [3.63, 3.8) is 0 Å². The molecule has 27 heavy (non-hydrogen) atoms.